The lowest BCUT2D eigenvalue weighted by atomic mass is 9.96. The molecule has 1 aliphatic heterocycles. The number of carbonyl (C=O) groups excluding carboxylic acids is 1. The number of thiophene rings is 1. The first-order valence-corrected chi connectivity index (χ1v) is 10.3. The van der Waals surface area contributed by atoms with E-state index >= 15 is 0 Å². The molecule has 1 fully saturated rings. The van der Waals surface area contributed by atoms with Crippen LogP contribution in [-0.2, 0) is 17.8 Å². The Bertz CT molecular complexity index is 849. The van der Waals surface area contributed by atoms with Crippen molar-refractivity contribution in [2.75, 3.05) is 13.1 Å². The van der Waals surface area contributed by atoms with E-state index in [0.29, 0.717) is 12.5 Å². The van der Waals surface area contributed by atoms with E-state index in [1.54, 1.807) is 11.3 Å². The molecule has 1 atom stereocenters. The Morgan fingerprint density at radius 1 is 1.42 bits per heavy atom. The zero-order valence-corrected chi connectivity index (χ0v) is 16.7. The van der Waals surface area contributed by atoms with Crippen molar-refractivity contribution in [2.24, 2.45) is 17.6 Å². The molecule has 0 aliphatic carbocycles. The number of carbonyl (C=O) groups is 1. The third-order valence-corrected chi connectivity index (χ3v) is 6.72. The summed E-state index contributed by atoms with van der Waals surface area (Å²) in [6, 6.07) is 0. The van der Waals surface area contributed by atoms with Gasteiger partial charge in [-0.2, -0.15) is 0 Å². The van der Waals surface area contributed by atoms with E-state index in [9.17, 15) is 9.59 Å². The van der Waals surface area contributed by atoms with Gasteiger partial charge in [0.2, 0.25) is 5.91 Å². The number of amides is 1. The zero-order valence-electron chi connectivity index (χ0n) is 15.9. The van der Waals surface area contributed by atoms with Crippen LogP contribution in [0.15, 0.2) is 4.79 Å². The summed E-state index contributed by atoms with van der Waals surface area (Å²) in [6.07, 6.45) is 3.66. The highest BCUT2D eigenvalue weighted by Gasteiger charge is 2.26. The molecule has 3 heterocycles. The van der Waals surface area contributed by atoms with Crippen LogP contribution in [0.1, 0.15) is 49.4 Å². The number of hydrogen-bond donors (Lipinski definition) is 3. The molecule has 2 aromatic rings. The predicted molar refractivity (Wildman–Crippen MR) is 104 cm³/mol. The summed E-state index contributed by atoms with van der Waals surface area (Å²) >= 11 is 1.62. The van der Waals surface area contributed by atoms with Gasteiger partial charge in [0.25, 0.3) is 5.56 Å². The van der Waals surface area contributed by atoms with Crippen LogP contribution in [0.25, 0.3) is 10.2 Å². The molecule has 0 unspecified atom stereocenters. The predicted octanol–water partition coefficient (Wildman–Crippen LogP) is 1.16. The van der Waals surface area contributed by atoms with E-state index in [1.807, 2.05) is 0 Å². The number of aromatic amines is 1. The number of nitrogens with one attached hydrogen (secondary N) is 2. The van der Waals surface area contributed by atoms with Gasteiger partial charge in [0.15, 0.2) is 5.82 Å². The second-order valence-electron chi connectivity index (χ2n) is 7.65. The Balaban J connectivity index is 1.79. The van der Waals surface area contributed by atoms with Gasteiger partial charge in [0.1, 0.15) is 11.4 Å². The van der Waals surface area contributed by atoms with E-state index in [4.69, 9.17) is 10.7 Å². The van der Waals surface area contributed by atoms with Crippen LogP contribution in [0.2, 0.25) is 0 Å². The minimum Gasteiger partial charge on any atom is -0.369 e. The van der Waals surface area contributed by atoms with Crippen molar-refractivity contribution in [1.29, 1.82) is 0 Å². The number of nitrogens with zero attached hydrogens (tertiary/aromatic N) is 1. The smallest absolute Gasteiger partial charge is 0.260 e. The Labute approximate surface area is 157 Å². The highest BCUT2D eigenvalue weighted by molar-refractivity contribution is 7.18. The maximum Gasteiger partial charge on any atom is 0.260 e. The number of hydrogen-bond acceptors (Lipinski definition) is 4. The lowest BCUT2D eigenvalue weighted by Crippen LogP contribution is -3.12. The molecule has 4 N–H and O–H groups in total. The Morgan fingerprint density at radius 2 is 2.12 bits per heavy atom. The first kappa shape index (κ1) is 19.0. The number of piperidine rings is 1. The number of H-pyrrole nitrogens is 1. The Morgan fingerprint density at radius 3 is 2.73 bits per heavy atom. The number of fused-ring (bicyclic) bond motifs is 1. The fourth-order valence-corrected chi connectivity index (χ4v) is 4.84. The van der Waals surface area contributed by atoms with Gasteiger partial charge in [-0.05, 0) is 24.8 Å². The number of nitrogens with two attached hydrogens (primary N) is 1. The Hall–Kier alpha value is -1.73. The molecule has 1 aliphatic rings. The molecule has 0 saturated carbocycles. The molecule has 0 bridgehead atoms. The van der Waals surface area contributed by atoms with Crippen LogP contribution < -0.4 is 16.2 Å². The monoisotopic (exact) mass is 377 g/mol. The van der Waals surface area contributed by atoms with Crippen LogP contribution in [-0.4, -0.2) is 29.0 Å². The molecular weight excluding hydrogens is 348 g/mol. The second-order valence-corrected chi connectivity index (χ2v) is 8.85. The Kier molecular flexibility index (Phi) is 5.77. The van der Waals surface area contributed by atoms with Gasteiger partial charge >= 0.3 is 0 Å². The van der Waals surface area contributed by atoms with Crippen LogP contribution >= 0.6 is 11.3 Å². The molecule has 1 saturated heterocycles. The standard InChI is InChI=1S/C19H28N4O2S/c1-4-11(2)9-14-12(3)26-19-16(14)18(25)21-15(22-19)10-23-7-5-13(6-8-23)17(20)24/h11,13H,4-10H2,1-3H3,(H2,20,24)(H,21,22,25)/p+1/t11-/m1/s1. The molecule has 6 nitrogen and oxygen atoms in total. The van der Waals surface area contributed by atoms with Gasteiger partial charge < -0.3 is 15.6 Å². The average Bonchev–Trinajstić information content (AvgIpc) is 2.91. The van der Waals surface area contributed by atoms with Gasteiger partial charge in [0.05, 0.1) is 18.5 Å². The maximum atomic E-state index is 12.7. The summed E-state index contributed by atoms with van der Waals surface area (Å²) in [5, 5.41) is 0.777. The van der Waals surface area contributed by atoms with Crippen LogP contribution in [0, 0.1) is 18.8 Å². The summed E-state index contributed by atoms with van der Waals surface area (Å²) in [5.74, 6) is 1.10. The molecule has 2 aromatic heterocycles. The van der Waals surface area contributed by atoms with E-state index < -0.39 is 0 Å². The number of quaternary nitrogens is 1. The van der Waals surface area contributed by atoms with E-state index in [1.165, 1.54) is 9.78 Å². The van der Waals surface area contributed by atoms with Crippen molar-refractivity contribution < 1.29 is 9.69 Å². The molecule has 26 heavy (non-hydrogen) atoms. The van der Waals surface area contributed by atoms with E-state index in [-0.39, 0.29) is 17.4 Å². The topological polar surface area (TPSA) is 93.3 Å². The highest BCUT2D eigenvalue weighted by atomic mass is 32.1. The third kappa shape index (κ3) is 3.99. The molecule has 0 radical (unpaired) electrons. The number of aryl methyl sites for hydroxylation is 1. The quantitative estimate of drug-likeness (QED) is 0.705. The number of rotatable bonds is 6. The largest absolute Gasteiger partial charge is 0.369 e. The lowest BCUT2D eigenvalue weighted by molar-refractivity contribution is -0.920. The number of likely N-dealkylation sites (tertiary alicyclic amines) is 1. The van der Waals surface area contributed by atoms with Gasteiger partial charge in [0, 0.05) is 23.6 Å². The van der Waals surface area contributed by atoms with Crippen LogP contribution in [0.4, 0.5) is 0 Å². The second kappa shape index (κ2) is 7.88. The fourth-order valence-electron chi connectivity index (χ4n) is 3.77. The van der Waals surface area contributed by atoms with Crippen molar-refractivity contribution in [3.05, 3.63) is 26.6 Å². The first-order valence-electron chi connectivity index (χ1n) is 9.53. The molecule has 1 amide bonds. The van der Waals surface area contributed by atoms with Gasteiger partial charge in [-0.25, -0.2) is 4.98 Å². The number of primary amides is 1. The fraction of sp³-hybridized carbons (Fsp3) is 0.632. The van der Waals surface area contributed by atoms with Crippen molar-refractivity contribution in [1.82, 2.24) is 9.97 Å². The average molecular weight is 378 g/mol. The summed E-state index contributed by atoms with van der Waals surface area (Å²) < 4.78 is 0. The summed E-state index contributed by atoms with van der Waals surface area (Å²) in [4.78, 5) is 35.2. The van der Waals surface area contributed by atoms with Gasteiger partial charge in [-0.15, -0.1) is 11.3 Å². The summed E-state index contributed by atoms with van der Waals surface area (Å²) in [6.45, 7) is 8.95. The van der Waals surface area contributed by atoms with Crippen LogP contribution in [0.3, 0.4) is 0 Å². The van der Waals surface area contributed by atoms with Crippen LogP contribution in [0.5, 0.6) is 0 Å². The minimum absolute atomic E-state index is 0.00343. The summed E-state index contributed by atoms with van der Waals surface area (Å²) in [5.41, 5.74) is 6.55. The molecule has 7 heteroatoms. The molecule has 142 valence electrons. The van der Waals surface area contributed by atoms with Crippen molar-refractivity contribution >= 4 is 27.5 Å². The molecule has 0 spiro atoms. The third-order valence-electron chi connectivity index (χ3n) is 5.67. The first-order chi connectivity index (χ1) is 12.4. The summed E-state index contributed by atoms with van der Waals surface area (Å²) in [7, 11) is 0. The SMILES string of the molecule is CC[C@@H](C)Cc1c(C)sc2nc(C[NH+]3CCC(C(N)=O)CC3)[nH]c(=O)c12. The van der Waals surface area contributed by atoms with Crippen molar-refractivity contribution in [3.8, 4) is 0 Å². The number of aromatic nitrogens is 2. The molecule has 0 aromatic carbocycles. The van der Waals surface area contributed by atoms with E-state index in [2.05, 4.69) is 25.8 Å². The minimum atomic E-state index is -0.195. The molecular formula is C19H29N4O2S+. The highest BCUT2D eigenvalue weighted by Crippen LogP contribution is 2.29. The van der Waals surface area contributed by atoms with Crippen molar-refractivity contribution in [2.45, 2.75) is 53.0 Å². The van der Waals surface area contributed by atoms with Gasteiger partial charge in [-0.3, -0.25) is 9.59 Å². The normalized spacial score (nSPS) is 21.8. The van der Waals surface area contributed by atoms with E-state index in [0.717, 1.165) is 60.4 Å². The maximum absolute atomic E-state index is 12.7. The molecule has 3 rings (SSSR count). The van der Waals surface area contributed by atoms with Gasteiger partial charge in [-0.1, -0.05) is 20.3 Å². The zero-order chi connectivity index (χ0) is 18.8. The van der Waals surface area contributed by atoms with Crippen molar-refractivity contribution in [3.63, 3.8) is 0 Å². The lowest BCUT2D eigenvalue weighted by Gasteiger charge is -2.27.